The average Bonchev–Trinajstić information content (AvgIpc) is 3.37. The van der Waals surface area contributed by atoms with Crippen LogP contribution in [0.3, 0.4) is 0 Å². The van der Waals surface area contributed by atoms with Gasteiger partial charge in [-0.2, -0.15) is 0 Å². The predicted octanol–water partition coefficient (Wildman–Crippen LogP) is 4.20. The maximum absolute atomic E-state index is 6.18. The summed E-state index contributed by atoms with van der Waals surface area (Å²) in [5.74, 6) is 1.02. The van der Waals surface area contributed by atoms with Gasteiger partial charge in [0.05, 0.1) is 25.4 Å². The van der Waals surface area contributed by atoms with Gasteiger partial charge in [-0.05, 0) is 56.7 Å². The molecule has 0 radical (unpaired) electrons. The molecule has 7 heteroatoms. The summed E-state index contributed by atoms with van der Waals surface area (Å²) in [7, 11) is 0. The van der Waals surface area contributed by atoms with E-state index in [1.165, 1.54) is 24.1 Å². The van der Waals surface area contributed by atoms with Crippen molar-refractivity contribution in [2.24, 2.45) is 4.99 Å². The summed E-state index contributed by atoms with van der Waals surface area (Å²) < 4.78 is 12.0. The molecule has 0 aromatic heterocycles. The molecule has 32 heavy (non-hydrogen) atoms. The Bertz CT molecular complexity index is 735. The molecule has 0 spiro atoms. The first-order valence-electron chi connectivity index (χ1n) is 12.1. The maximum Gasteiger partial charge on any atom is 0.194 e. The van der Waals surface area contributed by atoms with Crippen molar-refractivity contribution in [2.45, 2.75) is 57.8 Å². The lowest BCUT2D eigenvalue weighted by Gasteiger charge is -2.35. The van der Waals surface area contributed by atoms with Crippen LogP contribution in [-0.2, 0) is 16.0 Å². The number of rotatable bonds is 7. The zero-order valence-corrected chi connectivity index (χ0v) is 21.7. The van der Waals surface area contributed by atoms with E-state index in [0.29, 0.717) is 18.8 Å². The standard InChI is InChI=1S/C25H38N4O2.HI/c1-2-26-25(27-19-21-8-7-9-22(18-21)28-13-4-5-14-28)29-15-11-23(12-16-29)31-20-24-10-3-6-17-30-24;/h4-5,7-9,18,23-24H,2-3,6,10-17,19-20H2,1H3,(H,26,27);1H. The molecule has 0 saturated carbocycles. The van der Waals surface area contributed by atoms with Gasteiger partial charge in [0.25, 0.3) is 0 Å². The number of likely N-dealkylation sites (tertiary alicyclic amines) is 1. The molecule has 1 N–H and O–H groups in total. The number of nitrogens with zero attached hydrogens (tertiary/aromatic N) is 3. The Morgan fingerprint density at radius 1 is 1.16 bits per heavy atom. The molecule has 6 nitrogen and oxygen atoms in total. The molecule has 178 valence electrons. The van der Waals surface area contributed by atoms with E-state index in [4.69, 9.17) is 14.5 Å². The Hall–Kier alpha value is -1.32. The molecule has 0 bridgehead atoms. The first-order chi connectivity index (χ1) is 15.3. The van der Waals surface area contributed by atoms with E-state index in [-0.39, 0.29) is 24.0 Å². The molecule has 2 fully saturated rings. The van der Waals surface area contributed by atoms with E-state index in [1.54, 1.807) is 0 Å². The van der Waals surface area contributed by atoms with E-state index in [9.17, 15) is 0 Å². The van der Waals surface area contributed by atoms with Crippen LogP contribution in [0.2, 0.25) is 0 Å². The molecule has 1 aromatic rings. The van der Waals surface area contributed by atoms with Crippen LogP contribution in [0, 0.1) is 0 Å². The van der Waals surface area contributed by atoms with Crippen molar-refractivity contribution < 1.29 is 9.47 Å². The monoisotopic (exact) mass is 554 g/mol. The fourth-order valence-corrected chi connectivity index (χ4v) is 4.55. The molecule has 4 rings (SSSR count). The molecule has 3 aliphatic rings. The van der Waals surface area contributed by atoms with E-state index in [2.05, 4.69) is 58.5 Å². The van der Waals surface area contributed by atoms with Gasteiger partial charge in [-0.1, -0.05) is 24.3 Å². The van der Waals surface area contributed by atoms with Crippen LogP contribution < -0.4 is 10.2 Å². The summed E-state index contributed by atoms with van der Waals surface area (Å²) in [5, 5.41) is 3.49. The van der Waals surface area contributed by atoms with Gasteiger partial charge >= 0.3 is 0 Å². The third kappa shape index (κ3) is 7.35. The second-order valence-corrected chi connectivity index (χ2v) is 8.72. The predicted molar refractivity (Wildman–Crippen MR) is 142 cm³/mol. The lowest BCUT2D eigenvalue weighted by molar-refractivity contribution is -0.0721. The highest BCUT2D eigenvalue weighted by Gasteiger charge is 2.23. The van der Waals surface area contributed by atoms with Crippen molar-refractivity contribution in [1.29, 1.82) is 0 Å². The number of hydrogen-bond donors (Lipinski definition) is 1. The summed E-state index contributed by atoms with van der Waals surface area (Å²) in [5.41, 5.74) is 2.54. The van der Waals surface area contributed by atoms with Crippen molar-refractivity contribution in [3.63, 3.8) is 0 Å². The van der Waals surface area contributed by atoms with Gasteiger partial charge in [-0.15, -0.1) is 24.0 Å². The fourth-order valence-electron chi connectivity index (χ4n) is 4.55. The lowest BCUT2D eigenvalue weighted by atomic mass is 10.1. The average molecular weight is 555 g/mol. The Labute approximate surface area is 210 Å². The number of anilines is 1. The SMILES string of the molecule is CCNC(=NCc1cccc(N2CC=CC2)c1)N1CCC(OCC2CCCCO2)CC1.I. The zero-order valence-electron chi connectivity index (χ0n) is 19.4. The van der Waals surface area contributed by atoms with E-state index in [0.717, 1.165) is 71.2 Å². The Morgan fingerprint density at radius 2 is 1.97 bits per heavy atom. The third-order valence-corrected chi connectivity index (χ3v) is 6.37. The first-order valence-corrected chi connectivity index (χ1v) is 12.1. The van der Waals surface area contributed by atoms with Gasteiger partial charge in [0, 0.05) is 45.0 Å². The molecular weight excluding hydrogens is 515 g/mol. The maximum atomic E-state index is 6.18. The highest BCUT2D eigenvalue weighted by Crippen LogP contribution is 2.20. The summed E-state index contributed by atoms with van der Waals surface area (Å²) in [6, 6.07) is 8.78. The van der Waals surface area contributed by atoms with Crippen molar-refractivity contribution in [2.75, 3.05) is 50.8 Å². The van der Waals surface area contributed by atoms with Crippen LogP contribution in [0.15, 0.2) is 41.4 Å². The minimum Gasteiger partial charge on any atom is -0.376 e. The number of ether oxygens (including phenoxy) is 2. The quantitative estimate of drug-likeness (QED) is 0.237. The molecule has 3 heterocycles. The number of guanidine groups is 1. The topological polar surface area (TPSA) is 49.3 Å². The summed E-state index contributed by atoms with van der Waals surface area (Å²) in [6.45, 7) is 9.34. The van der Waals surface area contributed by atoms with Crippen LogP contribution in [0.25, 0.3) is 0 Å². The lowest BCUT2D eigenvalue weighted by Crippen LogP contribution is -2.47. The molecular formula is C25H39IN4O2. The molecule has 0 amide bonds. The van der Waals surface area contributed by atoms with Gasteiger partial charge in [0.2, 0.25) is 0 Å². The molecule has 1 aromatic carbocycles. The van der Waals surface area contributed by atoms with Crippen molar-refractivity contribution in [1.82, 2.24) is 10.2 Å². The number of piperidine rings is 1. The van der Waals surface area contributed by atoms with Crippen LogP contribution in [0.5, 0.6) is 0 Å². The third-order valence-electron chi connectivity index (χ3n) is 6.37. The van der Waals surface area contributed by atoms with Crippen LogP contribution in [0.4, 0.5) is 5.69 Å². The Kier molecular flexibility index (Phi) is 10.6. The Morgan fingerprint density at radius 3 is 2.69 bits per heavy atom. The fraction of sp³-hybridized carbons (Fsp3) is 0.640. The Balaban J connectivity index is 0.00000289. The summed E-state index contributed by atoms with van der Waals surface area (Å²) in [6.07, 6.45) is 10.8. The van der Waals surface area contributed by atoms with Crippen molar-refractivity contribution >= 4 is 35.6 Å². The highest BCUT2D eigenvalue weighted by molar-refractivity contribution is 14.0. The molecule has 0 aliphatic carbocycles. The second kappa shape index (κ2) is 13.4. The number of benzene rings is 1. The van der Waals surface area contributed by atoms with Crippen LogP contribution in [0.1, 0.15) is 44.6 Å². The van der Waals surface area contributed by atoms with Gasteiger partial charge in [-0.25, -0.2) is 4.99 Å². The zero-order chi connectivity index (χ0) is 21.3. The molecule has 2 saturated heterocycles. The number of hydrogen-bond acceptors (Lipinski definition) is 4. The minimum absolute atomic E-state index is 0. The molecule has 1 atom stereocenters. The van der Waals surface area contributed by atoms with Crippen LogP contribution in [-0.4, -0.2) is 69.0 Å². The van der Waals surface area contributed by atoms with Gasteiger partial charge in [-0.3, -0.25) is 0 Å². The molecule has 1 unspecified atom stereocenters. The first kappa shape index (κ1) is 25.3. The molecule has 3 aliphatic heterocycles. The minimum atomic E-state index is 0. The smallest absolute Gasteiger partial charge is 0.194 e. The van der Waals surface area contributed by atoms with Crippen LogP contribution >= 0.6 is 24.0 Å². The summed E-state index contributed by atoms with van der Waals surface area (Å²) >= 11 is 0. The largest absolute Gasteiger partial charge is 0.376 e. The van der Waals surface area contributed by atoms with Gasteiger partial charge in [0.1, 0.15) is 0 Å². The van der Waals surface area contributed by atoms with Crippen molar-refractivity contribution in [3.05, 3.63) is 42.0 Å². The number of aliphatic imine (C=N–C) groups is 1. The van der Waals surface area contributed by atoms with E-state index in [1.807, 2.05) is 0 Å². The summed E-state index contributed by atoms with van der Waals surface area (Å²) in [4.78, 5) is 9.72. The van der Waals surface area contributed by atoms with Crippen molar-refractivity contribution in [3.8, 4) is 0 Å². The number of nitrogens with one attached hydrogen (secondary N) is 1. The van der Waals surface area contributed by atoms with Gasteiger partial charge in [0.15, 0.2) is 5.96 Å². The van der Waals surface area contributed by atoms with E-state index < -0.39 is 0 Å². The highest BCUT2D eigenvalue weighted by atomic mass is 127. The number of halogens is 1. The van der Waals surface area contributed by atoms with Gasteiger partial charge < -0.3 is 24.6 Å². The normalized spacial score (nSPS) is 22.2. The second-order valence-electron chi connectivity index (χ2n) is 8.72. The van der Waals surface area contributed by atoms with E-state index >= 15 is 0 Å².